The van der Waals surface area contributed by atoms with E-state index >= 15 is 0 Å². The fourth-order valence-electron chi connectivity index (χ4n) is 5.64. The molecule has 1 amide bonds. The van der Waals surface area contributed by atoms with E-state index in [0.717, 1.165) is 46.5 Å². The summed E-state index contributed by atoms with van der Waals surface area (Å²) in [5, 5.41) is 1.65. The molecule has 0 bridgehead atoms. The van der Waals surface area contributed by atoms with Gasteiger partial charge in [0, 0.05) is 17.4 Å². The van der Waals surface area contributed by atoms with E-state index in [0.29, 0.717) is 17.0 Å². The molecule has 3 aromatic rings. The number of carbonyl (C=O) groups excluding carboxylic acids is 1. The molecular formula is C28H30N6O2S2. The molecule has 2 fully saturated rings. The maximum atomic E-state index is 13.1. The molecular weight excluding hydrogens is 516 g/mol. The fourth-order valence-corrected chi connectivity index (χ4v) is 8.31. The summed E-state index contributed by atoms with van der Waals surface area (Å²) in [7, 11) is 0. The SMILES string of the molecule is Cc1ncc(C2=NC3c4ccc(-c5cnc(C67SC6CCCN7C(=O)OC(C)(C)C)[nH]5)cc4C=CC3S2)[nH]1. The Balaban J connectivity index is 1.16. The van der Waals surface area contributed by atoms with Crippen molar-refractivity contribution in [3.05, 3.63) is 65.1 Å². The van der Waals surface area contributed by atoms with Crippen molar-refractivity contribution < 1.29 is 9.53 Å². The van der Waals surface area contributed by atoms with Crippen LogP contribution in [0.2, 0.25) is 0 Å². The summed E-state index contributed by atoms with van der Waals surface area (Å²) in [6.45, 7) is 8.36. The standard InChI is InChI=1S/C28H30N6O2S2/c1-15-29-14-20(31-15)24-33-23-18-9-7-17(12-16(18)8-10-21(23)37-24)19-13-30-25(32-19)28-22(38-28)6-5-11-34(28)26(35)36-27(2,3)4/h7-10,12-14,21-23H,5-6,11H2,1-4H3,(H,29,31)(H,30,32). The number of imidazole rings is 2. The van der Waals surface area contributed by atoms with Gasteiger partial charge in [0.1, 0.15) is 22.3 Å². The van der Waals surface area contributed by atoms with Gasteiger partial charge in [0.25, 0.3) is 0 Å². The molecule has 3 aliphatic heterocycles. The van der Waals surface area contributed by atoms with Crippen LogP contribution in [0.15, 0.2) is 41.7 Å². The Bertz CT molecular complexity index is 1500. The Morgan fingerprint density at radius 2 is 2.03 bits per heavy atom. The molecule has 0 radical (unpaired) electrons. The first-order valence-electron chi connectivity index (χ1n) is 13.0. The Labute approximate surface area is 230 Å². The van der Waals surface area contributed by atoms with E-state index < -0.39 is 10.5 Å². The number of aromatic nitrogens is 4. The van der Waals surface area contributed by atoms with E-state index in [1.165, 1.54) is 11.1 Å². The van der Waals surface area contributed by atoms with E-state index in [-0.39, 0.29) is 12.1 Å². The van der Waals surface area contributed by atoms with Crippen LogP contribution in [-0.4, -0.2) is 58.6 Å². The maximum Gasteiger partial charge on any atom is 0.411 e. The molecule has 5 heterocycles. The number of hydrogen-bond acceptors (Lipinski definition) is 7. The fraction of sp³-hybridized carbons (Fsp3) is 0.429. The average molecular weight is 547 g/mol. The molecule has 0 saturated carbocycles. The molecule has 4 aliphatic rings. The summed E-state index contributed by atoms with van der Waals surface area (Å²) in [4.78, 5) is 35.6. The van der Waals surface area contributed by atoms with Crippen LogP contribution in [0.25, 0.3) is 17.3 Å². The predicted molar refractivity (Wildman–Crippen MR) is 152 cm³/mol. The van der Waals surface area contributed by atoms with Gasteiger partial charge in [-0.1, -0.05) is 36.0 Å². The Morgan fingerprint density at radius 1 is 1.18 bits per heavy atom. The van der Waals surface area contributed by atoms with Gasteiger partial charge in [0.15, 0.2) is 4.87 Å². The van der Waals surface area contributed by atoms with Gasteiger partial charge < -0.3 is 14.7 Å². The van der Waals surface area contributed by atoms with E-state index in [1.807, 2.05) is 45.0 Å². The van der Waals surface area contributed by atoms with Gasteiger partial charge in [-0.3, -0.25) is 9.89 Å². The number of carbonyl (C=O) groups is 1. The van der Waals surface area contributed by atoms with Crippen molar-refractivity contribution in [2.75, 3.05) is 6.54 Å². The second-order valence-corrected chi connectivity index (χ2v) is 13.9. The van der Waals surface area contributed by atoms with Crippen LogP contribution in [0.1, 0.15) is 68.1 Å². The van der Waals surface area contributed by atoms with E-state index in [4.69, 9.17) is 14.7 Å². The zero-order valence-corrected chi connectivity index (χ0v) is 23.4. The quantitative estimate of drug-likeness (QED) is 0.389. The molecule has 196 valence electrons. The summed E-state index contributed by atoms with van der Waals surface area (Å²) in [6, 6.07) is 6.64. The Morgan fingerprint density at radius 3 is 2.82 bits per heavy atom. The second kappa shape index (κ2) is 8.51. The number of amides is 1. The predicted octanol–water partition coefficient (Wildman–Crippen LogP) is 6.04. The number of aromatic amines is 2. The number of nitrogens with zero attached hydrogens (tertiary/aromatic N) is 4. The lowest BCUT2D eigenvalue weighted by Crippen LogP contribution is -2.48. The van der Waals surface area contributed by atoms with Gasteiger partial charge in [-0.2, -0.15) is 0 Å². The molecule has 8 nitrogen and oxygen atoms in total. The average Bonchev–Trinajstić information content (AvgIpc) is 3.25. The van der Waals surface area contributed by atoms with Crippen LogP contribution in [0, 0.1) is 6.92 Å². The minimum Gasteiger partial charge on any atom is -0.444 e. The smallest absolute Gasteiger partial charge is 0.411 e. The van der Waals surface area contributed by atoms with Crippen LogP contribution in [0.4, 0.5) is 4.79 Å². The Hall–Kier alpha value is -2.98. The first-order valence-corrected chi connectivity index (χ1v) is 14.8. The van der Waals surface area contributed by atoms with Gasteiger partial charge >= 0.3 is 6.09 Å². The highest BCUT2D eigenvalue weighted by molar-refractivity contribution is 8.15. The third kappa shape index (κ3) is 3.91. The summed E-state index contributed by atoms with van der Waals surface area (Å²) in [6.07, 6.45) is 10.0. The lowest BCUT2D eigenvalue weighted by molar-refractivity contribution is 0.00954. The topological polar surface area (TPSA) is 99.3 Å². The number of fused-ring (bicyclic) bond motifs is 4. The summed E-state index contributed by atoms with van der Waals surface area (Å²) in [5.74, 6) is 1.73. The number of piperidine rings is 1. The van der Waals surface area contributed by atoms with Crippen LogP contribution >= 0.6 is 23.5 Å². The van der Waals surface area contributed by atoms with Crippen LogP contribution in [0.5, 0.6) is 0 Å². The van der Waals surface area contributed by atoms with Gasteiger partial charge in [-0.15, -0.1) is 11.8 Å². The molecule has 4 atom stereocenters. The third-order valence-corrected chi connectivity index (χ3v) is 10.3. The van der Waals surface area contributed by atoms with Crippen molar-refractivity contribution in [3.8, 4) is 11.3 Å². The number of ether oxygens (including phenoxy) is 1. The number of rotatable bonds is 3. The minimum atomic E-state index is -0.533. The zero-order chi connectivity index (χ0) is 26.2. The highest BCUT2D eigenvalue weighted by Gasteiger charge is 2.66. The first kappa shape index (κ1) is 24.1. The molecule has 38 heavy (non-hydrogen) atoms. The molecule has 7 rings (SSSR count). The van der Waals surface area contributed by atoms with Crippen molar-refractivity contribution in [3.63, 3.8) is 0 Å². The van der Waals surface area contributed by atoms with Gasteiger partial charge in [-0.05, 0) is 57.7 Å². The van der Waals surface area contributed by atoms with Crippen molar-refractivity contribution in [2.45, 2.75) is 67.6 Å². The molecule has 2 saturated heterocycles. The van der Waals surface area contributed by atoms with Gasteiger partial charge in [-0.25, -0.2) is 14.8 Å². The third-order valence-electron chi connectivity index (χ3n) is 7.41. The van der Waals surface area contributed by atoms with Crippen molar-refractivity contribution in [1.29, 1.82) is 0 Å². The van der Waals surface area contributed by atoms with Crippen molar-refractivity contribution in [2.24, 2.45) is 4.99 Å². The summed E-state index contributed by atoms with van der Waals surface area (Å²) < 4.78 is 5.75. The summed E-state index contributed by atoms with van der Waals surface area (Å²) >= 11 is 3.59. The zero-order valence-electron chi connectivity index (χ0n) is 21.8. The summed E-state index contributed by atoms with van der Waals surface area (Å²) in [5.41, 5.74) is 4.89. The Kier molecular flexibility index (Phi) is 5.39. The number of H-pyrrole nitrogens is 2. The molecule has 1 aromatic carbocycles. The minimum absolute atomic E-state index is 0.0946. The normalized spacial score (nSPS) is 27.4. The largest absolute Gasteiger partial charge is 0.444 e. The first-order chi connectivity index (χ1) is 18.2. The molecule has 0 spiro atoms. The van der Waals surface area contributed by atoms with Crippen molar-refractivity contribution in [1.82, 2.24) is 24.8 Å². The number of hydrogen-bond donors (Lipinski definition) is 2. The number of aliphatic imine (C=N–C) groups is 1. The number of likely N-dealkylation sites (tertiary alicyclic amines) is 1. The molecule has 2 N–H and O–H groups in total. The molecule has 4 unspecified atom stereocenters. The van der Waals surface area contributed by atoms with Crippen LogP contribution in [-0.2, 0) is 9.61 Å². The number of thioether (sulfide) groups is 2. The molecule has 10 heteroatoms. The monoisotopic (exact) mass is 546 g/mol. The van der Waals surface area contributed by atoms with Crippen molar-refractivity contribution >= 4 is 40.7 Å². The van der Waals surface area contributed by atoms with Gasteiger partial charge in [0.05, 0.1) is 35.1 Å². The van der Waals surface area contributed by atoms with E-state index in [1.54, 1.807) is 23.5 Å². The highest BCUT2D eigenvalue weighted by atomic mass is 32.2. The van der Waals surface area contributed by atoms with E-state index in [9.17, 15) is 4.79 Å². The number of nitrogens with one attached hydrogen (secondary N) is 2. The van der Waals surface area contributed by atoms with E-state index in [2.05, 4.69) is 45.3 Å². The van der Waals surface area contributed by atoms with Gasteiger partial charge in [0.2, 0.25) is 0 Å². The lowest BCUT2D eigenvalue weighted by Gasteiger charge is -2.35. The lowest BCUT2D eigenvalue weighted by atomic mass is 9.91. The van der Waals surface area contributed by atoms with Crippen LogP contribution < -0.4 is 0 Å². The number of benzene rings is 1. The van der Waals surface area contributed by atoms with Crippen LogP contribution in [0.3, 0.4) is 0 Å². The highest BCUT2D eigenvalue weighted by Crippen LogP contribution is 2.66. The second-order valence-electron chi connectivity index (χ2n) is 11.3. The molecule has 1 aliphatic carbocycles. The molecule has 2 aromatic heterocycles. The number of aryl methyl sites for hydroxylation is 1. The maximum absolute atomic E-state index is 13.1.